The molecule has 4 nitrogen and oxygen atoms in total. The minimum atomic E-state index is -1.07. The molecular weight excluding hydrogens is 292 g/mol. The van der Waals surface area contributed by atoms with Gasteiger partial charge in [0.15, 0.2) is 11.9 Å². The van der Waals surface area contributed by atoms with E-state index in [1.165, 1.54) is 13.0 Å². The number of hydrogen-bond acceptors (Lipinski definition) is 3. The first-order valence-corrected chi connectivity index (χ1v) is 6.65. The number of carbonyl (C=O) groups excluding carboxylic acids is 1. The van der Waals surface area contributed by atoms with Gasteiger partial charge in [0.25, 0.3) is 0 Å². The summed E-state index contributed by atoms with van der Waals surface area (Å²) in [5.74, 6) is -0.908. The van der Waals surface area contributed by atoms with Crippen molar-refractivity contribution < 1.29 is 19.4 Å². The fourth-order valence-electron chi connectivity index (χ4n) is 1.73. The largest absolute Gasteiger partial charge is 0.479 e. The molecule has 2 aromatic rings. The minimum Gasteiger partial charge on any atom is -0.479 e. The third kappa shape index (κ3) is 3.83. The van der Waals surface area contributed by atoms with E-state index in [0.717, 1.165) is 0 Å². The van der Waals surface area contributed by atoms with Crippen LogP contribution in [0.3, 0.4) is 0 Å². The molecule has 2 rings (SSSR count). The first-order chi connectivity index (χ1) is 9.97. The summed E-state index contributed by atoms with van der Waals surface area (Å²) in [6.07, 6.45) is -0.981. The maximum Gasteiger partial charge on any atom is 0.344 e. The average molecular weight is 305 g/mol. The summed E-state index contributed by atoms with van der Waals surface area (Å²) in [5, 5.41) is 9.38. The topological polar surface area (TPSA) is 63.6 Å². The number of rotatable bonds is 5. The molecule has 0 radical (unpaired) electrons. The van der Waals surface area contributed by atoms with Gasteiger partial charge in [-0.3, -0.25) is 4.79 Å². The molecule has 0 amide bonds. The Morgan fingerprint density at radius 3 is 2.38 bits per heavy atom. The molecule has 1 N–H and O–H groups in total. The Kier molecular flexibility index (Phi) is 4.60. The summed E-state index contributed by atoms with van der Waals surface area (Å²) >= 11 is 5.79. The van der Waals surface area contributed by atoms with Gasteiger partial charge in [-0.2, -0.15) is 0 Å². The fraction of sp³-hybridized carbons (Fsp3) is 0.125. The van der Waals surface area contributed by atoms with Crippen molar-refractivity contribution in [2.45, 2.75) is 13.0 Å². The van der Waals surface area contributed by atoms with E-state index in [4.69, 9.17) is 21.4 Å². The van der Waals surface area contributed by atoms with Crippen LogP contribution in [0, 0.1) is 0 Å². The molecule has 0 saturated carbocycles. The van der Waals surface area contributed by atoms with Crippen LogP contribution in [-0.2, 0) is 4.79 Å². The number of ether oxygens (including phenoxy) is 1. The van der Waals surface area contributed by atoms with E-state index in [9.17, 15) is 9.59 Å². The smallest absolute Gasteiger partial charge is 0.344 e. The molecule has 0 heterocycles. The first kappa shape index (κ1) is 15.1. The minimum absolute atomic E-state index is 0.180. The molecule has 2 aromatic carbocycles. The molecule has 0 aromatic heterocycles. The zero-order valence-corrected chi connectivity index (χ0v) is 12.0. The molecule has 1 atom stereocenters. The summed E-state index contributed by atoms with van der Waals surface area (Å²) in [4.78, 5) is 23.1. The lowest BCUT2D eigenvalue weighted by Gasteiger charge is -2.11. The average Bonchev–Trinajstić information content (AvgIpc) is 2.47. The highest BCUT2D eigenvalue weighted by molar-refractivity contribution is 6.30. The van der Waals surface area contributed by atoms with E-state index >= 15 is 0 Å². The van der Waals surface area contributed by atoms with Crippen molar-refractivity contribution in [1.29, 1.82) is 0 Å². The van der Waals surface area contributed by atoms with Crippen LogP contribution in [0.4, 0.5) is 0 Å². The van der Waals surface area contributed by atoms with Crippen LogP contribution in [0.15, 0.2) is 48.5 Å². The quantitative estimate of drug-likeness (QED) is 0.860. The van der Waals surface area contributed by atoms with Gasteiger partial charge in [0, 0.05) is 16.1 Å². The number of ketones is 1. The lowest BCUT2D eigenvalue weighted by molar-refractivity contribution is -0.144. The third-order valence-electron chi connectivity index (χ3n) is 2.86. The van der Waals surface area contributed by atoms with Gasteiger partial charge in [-0.05, 0) is 43.3 Å². The maximum atomic E-state index is 12.3. The second-order valence-electron chi connectivity index (χ2n) is 4.46. The second kappa shape index (κ2) is 6.41. The van der Waals surface area contributed by atoms with Gasteiger partial charge in [-0.1, -0.05) is 23.7 Å². The van der Waals surface area contributed by atoms with E-state index < -0.39 is 12.1 Å². The van der Waals surface area contributed by atoms with Crippen molar-refractivity contribution in [2.75, 3.05) is 0 Å². The van der Waals surface area contributed by atoms with Crippen molar-refractivity contribution >= 4 is 23.4 Å². The van der Waals surface area contributed by atoms with Gasteiger partial charge in [-0.15, -0.1) is 0 Å². The highest BCUT2D eigenvalue weighted by Crippen LogP contribution is 2.19. The summed E-state index contributed by atoms with van der Waals surface area (Å²) in [6.45, 7) is 1.43. The van der Waals surface area contributed by atoms with E-state index in [1.807, 2.05) is 0 Å². The normalized spacial score (nSPS) is 11.7. The van der Waals surface area contributed by atoms with Gasteiger partial charge in [0.2, 0.25) is 0 Å². The highest BCUT2D eigenvalue weighted by Gasteiger charge is 2.14. The van der Waals surface area contributed by atoms with E-state index in [1.54, 1.807) is 42.5 Å². The summed E-state index contributed by atoms with van der Waals surface area (Å²) in [5.41, 5.74) is 0.926. The molecule has 0 saturated heterocycles. The molecule has 21 heavy (non-hydrogen) atoms. The monoisotopic (exact) mass is 304 g/mol. The number of carboxylic acids is 1. The number of aliphatic carboxylic acids is 1. The summed E-state index contributed by atoms with van der Waals surface area (Å²) < 4.78 is 5.25. The van der Waals surface area contributed by atoms with Gasteiger partial charge < -0.3 is 9.84 Å². The number of benzene rings is 2. The van der Waals surface area contributed by atoms with Crippen LogP contribution < -0.4 is 4.74 Å². The van der Waals surface area contributed by atoms with Crippen LogP contribution >= 0.6 is 11.6 Å². The third-order valence-corrected chi connectivity index (χ3v) is 3.12. The SMILES string of the molecule is CC(Oc1cccc(C(=O)c2ccc(Cl)cc2)c1)C(=O)O. The van der Waals surface area contributed by atoms with Gasteiger partial charge in [0.05, 0.1) is 0 Å². The first-order valence-electron chi connectivity index (χ1n) is 6.27. The van der Waals surface area contributed by atoms with Gasteiger partial charge in [-0.25, -0.2) is 4.79 Å². The van der Waals surface area contributed by atoms with Crippen LogP contribution in [-0.4, -0.2) is 23.0 Å². The van der Waals surface area contributed by atoms with E-state index in [2.05, 4.69) is 0 Å². The zero-order valence-electron chi connectivity index (χ0n) is 11.2. The van der Waals surface area contributed by atoms with Crippen molar-refractivity contribution in [2.24, 2.45) is 0 Å². The number of carbonyl (C=O) groups is 2. The van der Waals surface area contributed by atoms with Crippen molar-refractivity contribution in [3.63, 3.8) is 0 Å². The molecule has 0 aliphatic rings. The Bertz CT molecular complexity index is 664. The summed E-state index contributed by atoms with van der Waals surface area (Å²) in [7, 11) is 0. The highest BCUT2D eigenvalue weighted by atomic mass is 35.5. The second-order valence-corrected chi connectivity index (χ2v) is 4.90. The van der Waals surface area contributed by atoms with Crippen molar-refractivity contribution in [1.82, 2.24) is 0 Å². The molecule has 0 fully saturated rings. The number of halogens is 1. The standard InChI is InChI=1S/C16H13ClO4/c1-10(16(19)20)21-14-4-2-3-12(9-14)15(18)11-5-7-13(17)8-6-11/h2-10H,1H3,(H,19,20). The molecule has 0 aliphatic carbocycles. The Morgan fingerprint density at radius 2 is 1.76 bits per heavy atom. The molecule has 5 heteroatoms. The van der Waals surface area contributed by atoms with E-state index in [0.29, 0.717) is 21.9 Å². The Labute approximate surface area is 126 Å². The molecule has 108 valence electrons. The van der Waals surface area contributed by atoms with E-state index in [-0.39, 0.29) is 5.78 Å². The lowest BCUT2D eigenvalue weighted by atomic mass is 10.0. The van der Waals surface area contributed by atoms with Crippen molar-refractivity contribution in [3.05, 3.63) is 64.7 Å². The Morgan fingerprint density at radius 1 is 1.10 bits per heavy atom. The maximum absolute atomic E-state index is 12.3. The Balaban J connectivity index is 2.22. The molecular formula is C16H13ClO4. The van der Waals surface area contributed by atoms with Crippen molar-refractivity contribution in [3.8, 4) is 5.75 Å². The van der Waals surface area contributed by atoms with Gasteiger partial charge in [0.1, 0.15) is 5.75 Å². The van der Waals surface area contributed by atoms with Gasteiger partial charge >= 0.3 is 5.97 Å². The van der Waals surface area contributed by atoms with Crippen LogP contribution in [0.25, 0.3) is 0 Å². The fourth-order valence-corrected chi connectivity index (χ4v) is 1.86. The number of carboxylic acid groups (broad SMARTS) is 1. The number of hydrogen-bond donors (Lipinski definition) is 1. The van der Waals surface area contributed by atoms with Crippen LogP contribution in [0.5, 0.6) is 5.75 Å². The molecule has 1 unspecified atom stereocenters. The summed E-state index contributed by atoms with van der Waals surface area (Å²) in [6, 6.07) is 13.0. The Hall–Kier alpha value is -2.33. The lowest BCUT2D eigenvalue weighted by Crippen LogP contribution is -2.22. The van der Waals surface area contributed by atoms with Crippen LogP contribution in [0.2, 0.25) is 5.02 Å². The molecule has 0 spiro atoms. The molecule has 0 bridgehead atoms. The predicted molar refractivity (Wildman–Crippen MR) is 79.1 cm³/mol. The molecule has 0 aliphatic heterocycles. The van der Waals surface area contributed by atoms with Crippen LogP contribution in [0.1, 0.15) is 22.8 Å². The predicted octanol–water partition coefficient (Wildman–Crippen LogP) is 3.42. The zero-order chi connectivity index (χ0) is 15.4.